The SMILES string of the molecule is CCOC(=O)C1=Cc2cc(-c3ccc(C(=O)N4CCCC4)cc3)ccc2NC(N=NN)C1. The van der Waals surface area contributed by atoms with Gasteiger partial charge in [-0.15, -0.1) is 5.11 Å². The molecule has 1 fully saturated rings. The molecule has 2 aliphatic heterocycles. The summed E-state index contributed by atoms with van der Waals surface area (Å²) in [6.07, 6.45) is 3.82. The molecule has 4 rings (SSSR count). The topological polar surface area (TPSA) is 109 Å². The second kappa shape index (κ2) is 9.64. The van der Waals surface area contributed by atoms with E-state index in [1.807, 2.05) is 53.4 Å². The lowest BCUT2D eigenvalue weighted by Gasteiger charge is -2.16. The quantitative estimate of drug-likeness (QED) is 0.321. The summed E-state index contributed by atoms with van der Waals surface area (Å²) in [6.45, 7) is 3.73. The Morgan fingerprint density at radius 3 is 2.53 bits per heavy atom. The zero-order valence-corrected chi connectivity index (χ0v) is 18.1. The molecule has 0 aromatic heterocycles. The van der Waals surface area contributed by atoms with Crippen LogP contribution in [0.5, 0.6) is 0 Å². The van der Waals surface area contributed by atoms with Crippen LogP contribution in [-0.4, -0.2) is 42.6 Å². The van der Waals surface area contributed by atoms with Gasteiger partial charge in [0.05, 0.1) is 6.61 Å². The average Bonchev–Trinajstić information content (AvgIpc) is 3.28. The third kappa shape index (κ3) is 4.64. The van der Waals surface area contributed by atoms with Gasteiger partial charge in [0.25, 0.3) is 5.91 Å². The van der Waals surface area contributed by atoms with Gasteiger partial charge in [-0.2, -0.15) is 0 Å². The van der Waals surface area contributed by atoms with Crippen LogP contribution < -0.4 is 11.2 Å². The number of amides is 1. The fourth-order valence-corrected chi connectivity index (χ4v) is 4.10. The highest BCUT2D eigenvalue weighted by Crippen LogP contribution is 2.32. The molecule has 3 N–H and O–H groups in total. The van der Waals surface area contributed by atoms with Gasteiger partial charge in [0.2, 0.25) is 0 Å². The number of fused-ring (bicyclic) bond motifs is 1. The number of anilines is 1. The second-order valence-corrected chi connectivity index (χ2v) is 7.86. The van der Waals surface area contributed by atoms with Crippen LogP contribution in [0, 0.1) is 0 Å². The molecule has 2 heterocycles. The molecule has 1 saturated heterocycles. The smallest absolute Gasteiger partial charge is 0.334 e. The molecular formula is C24H27N5O3. The van der Waals surface area contributed by atoms with Crippen molar-refractivity contribution in [1.82, 2.24) is 4.90 Å². The van der Waals surface area contributed by atoms with E-state index in [0.717, 1.165) is 48.3 Å². The molecule has 8 heteroatoms. The summed E-state index contributed by atoms with van der Waals surface area (Å²) in [5.74, 6) is 4.95. The number of likely N-dealkylation sites (tertiary alicyclic amines) is 1. The van der Waals surface area contributed by atoms with Gasteiger partial charge in [-0.05, 0) is 66.8 Å². The van der Waals surface area contributed by atoms with E-state index in [-0.39, 0.29) is 11.9 Å². The molecule has 0 saturated carbocycles. The van der Waals surface area contributed by atoms with E-state index < -0.39 is 6.17 Å². The van der Waals surface area contributed by atoms with Gasteiger partial charge in [0.1, 0.15) is 6.17 Å². The third-order valence-electron chi connectivity index (χ3n) is 5.72. The van der Waals surface area contributed by atoms with Crippen LogP contribution in [0.3, 0.4) is 0 Å². The summed E-state index contributed by atoms with van der Waals surface area (Å²) in [5, 5.41) is 10.6. The first kappa shape index (κ1) is 21.5. The minimum Gasteiger partial charge on any atom is -0.463 e. The Morgan fingerprint density at radius 1 is 1.12 bits per heavy atom. The van der Waals surface area contributed by atoms with Crippen LogP contribution >= 0.6 is 0 Å². The number of carbonyl (C=O) groups excluding carboxylic acids is 2. The van der Waals surface area contributed by atoms with Crippen molar-refractivity contribution in [3.05, 3.63) is 59.2 Å². The van der Waals surface area contributed by atoms with Crippen molar-refractivity contribution in [3.63, 3.8) is 0 Å². The number of nitrogens with zero attached hydrogens (tertiary/aromatic N) is 3. The Bertz CT molecular complexity index is 1060. The van der Waals surface area contributed by atoms with Crippen LogP contribution in [0.4, 0.5) is 5.69 Å². The maximum absolute atomic E-state index is 12.6. The minimum atomic E-state index is -0.460. The van der Waals surface area contributed by atoms with Gasteiger partial charge in [0.15, 0.2) is 0 Å². The first-order valence-electron chi connectivity index (χ1n) is 10.9. The molecule has 2 aromatic carbocycles. The summed E-state index contributed by atoms with van der Waals surface area (Å²) < 4.78 is 5.20. The standard InChI is InChI=1S/C24H27N5O3/c1-2-32-24(31)20-14-19-13-18(9-10-21(19)26-22(15-20)27-28-25)16-5-7-17(8-6-16)23(30)29-11-3-4-12-29/h5-10,13-14,22,26H,2-4,11-12,15H2,1H3,(H2,25,27). The van der Waals surface area contributed by atoms with Crippen molar-refractivity contribution in [2.45, 2.75) is 32.4 Å². The van der Waals surface area contributed by atoms with Crippen molar-refractivity contribution in [3.8, 4) is 11.1 Å². The van der Waals surface area contributed by atoms with E-state index in [1.165, 1.54) is 0 Å². The molecule has 32 heavy (non-hydrogen) atoms. The number of nitrogens with two attached hydrogens (primary N) is 1. The first-order valence-corrected chi connectivity index (χ1v) is 10.9. The molecule has 166 valence electrons. The largest absolute Gasteiger partial charge is 0.463 e. The Hall–Kier alpha value is -3.68. The summed E-state index contributed by atoms with van der Waals surface area (Å²) >= 11 is 0. The third-order valence-corrected chi connectivity index (χ3v) is 5.72. The first-order chi connectivity index (χ1) is 15.6. The molecule has 0 aliphatic carbocycles. The molecule has 2 aromatic rings. The molecule has 1 amide bonds. The molecule has 0 radical (unpaired) electrons. The Morgan fingerprint density at radius 2 is 1.84 bits per heavy atom. The lowest BCUT2D eigenvalue weighted by molar-refractivity contribution is -0.138. The maximum Gasteiger partial charge on any atom is 0.334 e. The lowest BCUT2D eigenvalue weighted by Crippen LogP contribution is -2.27. The van der Waals surface area contributed by atoms with Gasteiger partial charge in [-0.3, -0.25) is 4.79 Å². The van der Waals surface area contributed by atoms with E-state index in [0.29, 0.717) is 24.2 Å². The maximum atomic E-state index is 12.6. The number of esters is 1. The number of benzene rings is 2. The van der Waals surface area contributed by atoms with Gasteiger partial charge in [-0.25, -0.2) is 4.79 Å². The van der Waals surface area contributed by atoms with Crippen LogP contribution in [0.2, 0.25) is 0 Å². The van der Waals surface area contributed by atoms with Crippen molar-refractivity contribution in [2.24, 2.45) is 16.2 Å². The van der Waals surface area contributed by atoms with E-state index >= 15 is 0 Å². The van der Waals surface area contributed by atoms with Crippen molar-refractivity contribution in [1.29, 1.82) is 0 Å². The zero-order valence-electron chi connectivity index (χ0n) is 18.1. The molecule has 0 spiro atoms. The predicted octanol–water partition coefficient (Wildman–Crippen LogP) is 4.00. The number of hydrogen-bond donors (Lipinski definition) is 2. The van der Waals surface area contributed by atoms with Gasteiger partial charge < -0.3 is 20.8 Å². The fraction of sp³-hybridized carbons (Fsp3) is 0.333. The summed E-state index contributed by atoms with van der Waals surface area (Å²) in [5.41, 5.74) is 4.83. The molecular weight excluding hydrogens is 406 g/mol. The number of carbonyl (C=O) groups is 2. The number of nitrogens with one attached hydrogen (secondary N) is 1. The van der Waals surface area contributed by atoms with Crippen LogP contribution in [-0.2, 0) is 9.53 Å². The van der Waals surface area contributed by atoms with E-state index in [1.54, 1.807) is 6.92 Å². The van der Waals surface area contributed by atoms with Gasteiger partial charge in [0, 0.05) is 36.3 Å². The van der Waals surface area contributed by atoms with Gasteiger partial charge >= 0.3 is 5.97 Å². The normalized spacial score (nSPS) is 18.0. The van der Waals surface area contributed by atoms with Crippen molar-refractivity contribution in [2.75, 3.05) is 25.0 Å². The number of rotatable bonds is 5. The molecule has 0 bridgehead atoms. The molecule has 1 atom stereocenters. The predicted molar refractivity (Wildman–Crippen MR) is 123 cm³/mol. The van der Waals surface area contributed by atoms with Crippen LogP contribution in [0.15, 0.2) is 58.4 Å². The summed E-state index contributed by atoms with van der Waals surface area (Å²) in [7, 11) is 0. The number of ether oxygens (including phenoxy) is 1. The van der Waals surface area contributed by atoms with Crippen LogP contribution in [0.1, 0.15) is 42.1 Å². The summed E-state index contributed by atoms with van der Waals surface area (Å²) in [6, 6.07) is 13.6. The highest BCUT2D eigenvalue weighted by Gasteiger charge is 2.23. The van der Waals surface area contributed by atoms with E-state index in [2.05, 4.69) is 15.7 Å². The second-order valence-electron chi connectivity index (χ2n) is 7.86. The van der Waals surface area contributed by atoms with E-state index in [4.69, 9.17) is 10.6 Å². The van der Waals surface area contributed by atoms with Crippen molar-refractivity contribution < 1.29 is 14.3 Å². The molecule has 2 aliphatic rings. The Labute approximate surface area is 187 Å². The number of hydrogen-bond acceptors (Lipinski definition) is 6. The Kier molecular flexibility index (Phi) is 6.49. The summed E-state index contributed by atoms with van der Waals surface area (Å²) in [4.78, 5) is 26.9. The molecule has 8 nitrogen and oxygen atoms in total. The Balaban J connectivity index is 1.63. The van der Waals surface area contributed by atoms with Gasteiger partial charge in [-0.1, -0.05) is 23.4 Å². The molecule has 1 unspecified atom stereocenters. The fourth-order valence-electron chi connectivity index (χ4n) is 4.10. The average molecular weight is 434 g/mol. The van der Waals surface area contributed by atoms with Crippen molar-refractivity contribution >= 4 is 23.6 Å². The van der Waals surface area contributed by atoms with E-state index in [9.17, 15) is 9.59 Å². The highest BCUT2D eigenvalue weighted by atomic mass is 16.5. The monoisotopic (exact) mass is 433 g/mol. The highest BCUT2D eigenvalue weighted by molar-refractivity contribution is 5.96. The lowest BCUT2D eigenvalue weighted by atomic mass is 9.99. The zero-order chi connectivity index (χ0) is 22.5. The minimum absolute atomic E-state index is 0.0855. The van der Waals surface area contributed by atoms with Crippen LogP contribution in [0.25, 0.3) is 17.2 Å².